The lowest BCUT2D eigenvalue weighted by molar-refractivity contribution is -0.128. The van der Waals surface area contributed by atoms with Crippen molar-refractivity contribution in [2.24, 2.45) is 0 Å². The quantitative estimate of drug-likeness (QED) is 0.356. The molecular weight excluding hydrogens is 466 g/mol. The summed E-state index contributed by atoms with van der Waals surface area (Å²) >= 11 is 7.99. The van der Waals surface area contributed by atoms with E-state index in [0.717, 1.165) is 41.0 Å². The lowest BCUT2D eigenvalue weighted by atomic mass is 10.1. The Morgan fingerprint density at radius 2 is 1.62 bits per heavy atom. The SMILES string of the molecule is O=C(CSc1ncc(-c2ccccc2)n1-c1ccccc1Cl)N1CCN(c2ccccn2)CC1. The Morgan fingerprint density at radius 3 is 2.35 bits per heavy atom. The molecule has 2 aromatic carbocycles. The number of anilines is 1. The van der Waals surface area contributed by atoms with Crippen molar-refractivity contribution in [3.63, 3.8) is 0 Å². The molecule has 5 rings (SSSR count). The number of halogens is 1. The average Bonchev–Trinajstić information content (AvgIpc) is 3.32. The largest absolute Gasteiger partial charge is 0.353 e. The summed E-state index contributed by atoms with van der Waals surface area (Å²) in [5, 5.41) is 1.38. The molecule has 1 aliphatic heterocycles. The summed E-state index contributed by atoms with van der Waals surface area (Å²) in [6.45, 7) is 2.92. The predicted molar refractivity (Wildman–Crippen MR) is 138 cm³/mol. The fraction of sp³-hybridized carbons (Fsp3) is 0.192. The predicted octanol–water partition coefficient (Wildman–Crippen LogP) is 5.03. The molecule has 8 heteroatoms. The Kier molecular flexibility index (Phi) is 6.83. The van der Waals surface area contributed by atoms with Crippen LogP contribution in [0.5, 0.6) is 0 Å². The molecule has 1 fully saturated rings. The van der Waals surface area contributed by atoms with Crippen LogP contribution in [0.2, 0.25) is 5.02 Å². The molecule has 172 valence electrons. The van der Waals surface area contributed by atoms with Crippen LogP contribution in [0.25, 0.3) is 16.9 Å². The summed E-state index contributed by atoms with van der Waals surface area (Å²) in [5.74, 6) is 1.39. The van der Waals surface area contributed by atoms with E-state index < -0.39 is 0 Å². The zero-order valence-corrected chi connectivity index (χ0v) is 20.1. The number of para-hydroxylation sites is 1. The molecule has 6 nitrogen and oxygen atoms in total. The Bertz CT molecular complexity index is 1260. The molecule has 0 unspecified atom stereocenters. The summed E-state index contributed by atoms with van der Waals surface area (Å²) in [6.07, 6.45) is 3.64. The maximum absolute atomic E-state index is 13.0. The number of nitrogens with zero attached hydrogens (tertiary/aromatic N) is 5. The van der Waals surface area contributed by atoms with Gasteiger partial charge in [0.25, 0.3) is 0 Å². The molecule has 1 aliphatic rings. The highest BCUT2D eigenvalue weighted by Gasteiger charge is 2.23. The topological polar surface area (TPSA) is 54.3 Å². The zero-order valence-electron chi connectivity index (χ0n) is 18.5. The number of hydrogen-bond acceptors (Lipinski definition) is 5. The number of benzene rings is 2. The van der Waals surface area contributed by atoms with Gasteiger partial charge in [0.2, 0.25) is 5.91 Å². The van der Waals surface area contributed by atoms with Crippen molar-refractivity contribution in [1.29, 1.82) is 0 Å². The molecule has 0 bridgehead atoms. The fourth-order valence-electron chi connectivity index (χ4n) is 4.06. The van der Waals surface area contributed by atoms with Crippen molar-refractivity contribution in [1.82, 2.24) is 19.4 Å². The minimum absolute atomic E-state index is 0.112. The first-order chi connectivity index (χ1) is 16.7. The molecule has 1 amide bonds. The van der Waals surface area contributed by atoms with Crippen LogP contribution in [0.3, 0.4) is 0 Å². The van der Waals surface area contributed by atoms with Crippen molar-refractivity contribution in [3.05, 3.63) is 90.2 Å². The fourth-order valence-corrected chi connectivity index (χ4v) is 5.17. The normalized spacial score (nSPS) is 13.8. The number of carbonyl (C=O) groups is 1. The first-order valence-electron chi connectivity index (χ1n) is 11.2. The van der Waals surface area contributed by atoms with Gasteiger partial charge < -0.3 is 9.80 Å². The molecule has 34 heavy (non-hydrogen) atoms. The van der Waals surface area contributed by atoms with Crippen LogP contribution in [0.15, 0.2) is 90.3 Å². The number of carbonyl (C=O) groups excluding carboxylic acids is 1. The molecule has 0 saturated carbocycles. The Labute approximate surface area is 208 Å². The first kappa shape index (κ1) is 22.5. The summed E-state index contributed by atoms with van der Waals surface area (Å²) in [7, 11) is 0. The summed E-state index contributed by atoms with van der Waals surface area (Å²) < 4.78 is 2.04. The number of imidazole rings is 1. The minimum Gasteiger partial charge on any atom is -0.353 e. The molecular formula is C26H24ClN5OS. The zero-order chi connectivity index (χ0) is 23.3. The van der Waals surface area contributed by atoms with Crippen LogP contribution in [0.1, 0.15) is 0 Å². The van der Waals surface area contributed by atoms with Gasteiger partial charge in [0, 0.05) is 37.9 Å². The van der Waals surface area contributed by atoms with Crippen molar-refractivity contribution in [2.45, 2.75) is 5.16 Å². The monoisotopic (exact) mass is 489 g/mol. The highest BCUT2D eigenvalue weighted by Crippen LogP contribution is 2.33. The van der Waals surface area contributed by atoms with Gasteiger partial charge in [-0.05, 0) is 24.3 Å². The molecule has 0 radical (unpaired) electrons. The summed E-state index contributed by atoms with van der Waals surface area (Å²) in [4.78, 5) is 26.2. The lowest BCUT2D eigenvalue weighted by Gasteiger charge is -2.35. The van der Waals surface area contributed by atoms with Crippen LogP contribution in [0, 0.1) is 0 Å². The van der Waals surface area contributed by atoms with Gasteiger partial charge in [-0.25, -0.2) is 9.97 Å². The number of aromatic nitrogens is 3. The van der Waals surface area contributed by atoms with Gasteiger partial charge in [-0.15, -0.1) is 0 Å². The molecule has 2 aromatic heterocycles. The van der Waals surface area contributed by atoms with Gasteiger partial charge in [0.15, 0.2) is 5.16 Å². The van der Waals surface area contributed by atoms with E-state index in [-0.39, 0.29) is 5.91 Å². The highest BCUT2D eigenvalue weighted by atomic mass is 35.5. The Morgan fingerprint density at radius 1 is 0.882 bits per heavy atom. The van der Waals surface area contributed by atoms with Gasteiger partial charge in [-0.1, -0.05) is 71.9 Å². The standard InChI is InChI=1S/C26H24ClN5OS/c27-21-10-4-5-11-22(21)32-23(20-8-2-1-3-9-20)18-29-26(32)34-19-25(33)31-16-14-30(15-17-31)24-12-6-7-13-28-24/h1-13,18H,14-17,19H2. The van der Waals surface area contributed by atoms with Crippen molar-refractivity contribution < 1.29 is 4.79 Å². The van der Waals surface area contributed by atoms with Gasteiger partial charge in [-0.3, -0.25) is 9.36 Å². The Hall–Kier alpha value is -3.29. The van der Waals surface area contributed by atoms with Crippen molar-refractivity contribution >= 4 is 35.1 Å². The summed E-state index contributed by atoms with van der Waals surface area (Å²) in [6, 6.07) is 23.7. The number of hydrogen-bond donors (Lipinski definition) is 0. The minimum atomic E-state index is 0.112. The molecule has 4 aromatic rings. The van der Waals surface area contributed by atoms with Crippen LogP contribution >= 0.6 is 23.4 Å². The Balaban J connectivity index is 1.31. The summed E-state index contributed by atoms with van der Waals surface area (Å²) in [5.41, 5.74) is 2.82. The third-order valence-electron chi connectivity index (χ3n) is 5.82. The molecule has 0 spiro atoms. The maximum Gasteiger partial charge on any atom is 0.233 e. The van der Waals surface area contributed by atoms with Crippen LogP contribution < -0.4 is 4.90 Å². The second kappa shape index (κ2) is 10.3. The smallest absolute Gasteiger partial charge is 0.233 e. The van der Waals surface area contributed by atoms with E-state index in [2.05, 4.69) is 14.9 Å². The van der Waals surface area contributed by atoms with E-state index in [1.807, 2.05) is 88.5 Å². The molecule has 0 aliphatic carbocycles. The van der Waals surface area contributed by atoms with Crippen LogP contribution in [-0.4, -0.2) is 57.3 Å². The molecule has 1 saturated heterocycles. The molecule has 3 heterocycles. The van der Waals surface area contributed by atoms with Crippen LogP contribution in [0.4, 0.5) is 5.82 Å². The van der Waals surface area contributed by atoms with E-state index >= 15 is 0 Å². The third-order valence-corrected chi connectivity index (χ3v) is 7.08. The molecule has 0 N–H and O–H groups in total. The van der Waals surface area contributed by atoms with E-state index in [1.165, 1.54) is 11.8 Å². The van der Waals surface area contributed by atoms with E-state index in [1.54, 1.807) is 6.20 Å². The van der Waals surface area contributed by atoms with E-state index in [0.29, 0.717) is 23.9 Å². The van der Waals surface area contributed by atoms with E-state index in [4.69, 9.17) is 11.6 Å². The second-order valence-corrected chi connectivity index (χ2v) is 9.27. The number of piperazine rings is 1. The third kappa shape index (κ3) is 4.81. The highest BCUT2D eigenvalue weighted by molar-refractivity contribution is 7.99. The van der Waals surface area contributed by atoms with Gasteiger partial charge in [-0.2, -0.15) is 0 Å². The van der Waals surface area contributed by atoms with Gasteiger partial charge in [0.05, 0.1) is 28.4 Å². The maximum atomic E-state index is 13.0. The van der Waals surface area contributed by atoms with Crippen LogP contribution in [-0.2, 0) is 4.79 Å². The van der Waals surface area contributed by atoms with Crippen molar-refractivity contribution in [2.75, 3.05) is 36.8 Å². The average molecular weight is 490 g/mol. The number of amides is 1. The lowest BCUT2D eigenvalue weighted by Crippen LogP contribution is -2.49. The number of rotatable bonds is 6. The first-order valence-corrected chi connectivity index (χ1v) is 12.5. The van der Waals surface area contributed by atoms with Gasteiger partial charge in [0.1, 0.15) is 5.82 Å². The number of pyridine rings is 1. The second-order valence-electron chi connectivity index (χ2n) is 7.92. The molecule has 0 atom stereocenters. The van der Waals surface area contributed by atoms with E-state index in [9.17, 15) is 4.79 Å². The number of thioether (sulfide) groups is 1. The van der Waals surface area contributed by atoms with Gasteiger partial charge >= 0.3 is 0 Å². The van der Waals surface area contributed by atoms with Crippen molar-refractivity contribution in [3.8, 4) is 16.9 Å².